The number of nitrogens with one attached hydrogen (secondary N) is 2. The van der Waals surface area contributed by atoms with Gasteiger partial charge in [-0.25, -0.2) is 0 Å². The average molecular weight is 322 g/mol. The van der Waals surface area contributed by atoms with Gasteiger partial charge in [-0.05, 0) is 31.5 Å². The van der Waals surface area contributed by atoms with Gasteiger partial charge in [0.15, 0.2) is 23.9 Å². The number of Topliss-reactive ketones (excluding diaryl/α,β-unsaturated/α-hetero) is 1. The van der Waals surface area contributed by atoms with Gasteiger partial charge >= 0.3 is 0 Å². The van der Waals surface area contributed by atoms with E-state index in [1.54, 1.807) is 18.2 Å². The third-order valence-corrected chi connectivity index (χ3v) is 2.95. The van der Waals surface area contributed by atoms with Gasteiger partial charge in [-0.2, -0.15) is 0 Å². The molecule has 0 atom stereocenters. The van der Waals surface area contributed by atoms with Crippen LogP contribution in [0.2, 0.25) is 0 Å². The molecule has 0 aromatic heterocycles. The van der Waals surface area contributed by atoms with Crippen LogP contribution < -0.4 is 20.1 Å². The minimum atomic E-state index is -0.422. The number of benzene rings is 1. The number of hydrogen-bond acceptors (Lipinski definition) is 5. The Morgan fingerprint density at radius 2 is 1.83 bits per heavy atom. The van der Waals surface area contributed by atoms with Crippen molar-refractivity contribution < 1.29 is 23.9 Å². The summed E-state index contributed by atoms with van der Waals surface area (Å²) in [4.78, 5) is 34.3. The average Bonchev–Trinajstić information content (AvgIpc) is 2.55. The maximum Gasteiger partial charge on any atom is 0.258 e. The molecule has 1 aromatic carbocycles. The van der Waals surface area contributed by atoms with Gasteiger partial charge in [0.2, 0.25) is 5.91 Å². The highest BCUT2D eigenvalue weighted by atomic mass is 16.5. The molecule has 0 aliphatic heterocycles. The van der Waals surface area contributed by atoms with Gasteiger partial charge < -0.3 is 20.1 Å². The van der Waals surface area contributed by atoms with Crippen molar-refractivity contribution in [2.45, 2.75) is 20.3 Å². The van der Waals surface area contributed by atoms with Gasteiger partial charge in [0.05, 0.1) is 13.7 Å². The second-order valence-electron chi connectivity index (χ2n) is 4.84. The van der Waals surface area contributed by atoms with E-state index in [1.807, 2.05) is 6.92 Å². The standard InChI is InChI=1S/C16H22N2O5/c1-4-7-17-15(20)9-18-16(21)10-23-13-6-5-12(11(2)19)8-14(13)22-3/h5-6,8H,4,7,9-10H2,1-3H3,(H,17,20)(H,18,21). The SMILES string of the molecule is CCCNC(=O)CNC(=O)COc1ccc(C(C)=O)cc1OC. The Morgan fingerprint density at radius 3 is 2.43 bits per heavy atom. The van der Waals surface area contributed by atoms with Crippen molar-refractivity contribution in [1.82, 2.24) is 10.6 Å². The summed E-state index contributed by atoms with van der Waals surface area (Å²) in [5.41, 5.74) is 0.492. The minimum absolute atomic E-state index is 0.0920. The van der Waals surface area contributed by atoms with Crippen molar-refractivity contribution >= 4 is 17.6 Å². The molecule has 0 saturated carbocycles. The number of amides is 2. The molecule has 0 bridgehead atoms. The monoisotopic (exact) mass is 322 g/mol. The van der Waals surface area contributed by atoms with Crippen molar-refractivity contribution in [3.63, 3.8) is 0 Å². The Morgan fingerprint density at radius 1 is 1.09 bits per heavy atom. The van der Waals surface area contributed by atoms with E-state index in [0.717, 1.165) is 6.42 Å². The zero-order valence-corrected chi connectivity index (χ0v) is 13.6. The van der Waals surface area contributed by atoms with Gasteiger partial charge in [-0.1, -0.05) is 6.92 Å². The maximum atomic E-state index is 11.7. The van der Waals surface area contributed by atoms with Crippen LogP contribution in [-0.2, 0) is 9.59 Å². The second-order valence-corrected chi connectivity index (χ2v) is 4.84. The molecule has 23 heavy (non-hydrogen) atoms. The van der Waals surface area contributed by atoms with E-state index in [4.69, 9.17) is 9.47 Å². The van der Waals surface area contributed by atoms with Crippen molar-refractivity contribution in [3.8, 4) is 11.5 Å². The highest BCUT2D eigenvalue weighted by Gasteiger charge is 2.11. The van der Waals surface area contributed by atoms with Crippen LogP contribution in [-0.4, -0.2) is 44.4 Å². The van der Waals surface area contributed by atoms with E-state index in [1.165, 1.54) is 14.0 Å². The number of carbonyl (C=O) groups is 3. The summed E-state index contributed by atoms with van der Waals surface area (Å²) in [6, 6.07) is 4.71. The number of carbonyl (C=O) groups excluding carboxylic acids is 3. The summed E-state index contributed by atoms with van der Waals surface area (Å²) in [6.45, 7) is 3.62. The zero-order valence-electron chi connectivity index (χ0n) is 13.6. The lowest BCUT2D eigenvalue weighted by Gasteiger charge is -2.11. The number of hydrogen-bond donors (Lipinski definition) is 2. The minimum Gasteiger partial charge on any atom is -0.493 e. The molecule has 7 heteroatoms. The molecule has 0 fully saturated rings. The summed E-state index contributed by atoms with van der Waals surface area (Å²) in [5.74, 6) is -0.0436. The van der Waals surface area contributed by atoms with Crippen LogP contribution in [0.15, 0.2) is 18.2 Å². The third kappa shape index (κ3) is 6.37. The first-order valence-electron chi connectivity index (χ1n) is 7.33. The Hall–Kier alpha value is -2.57. The summed E-state index contributed by atoms with van der Waals surface area (Å²) in [7, 11) is 1.45. The molecular weight excluding hydrogens is 300 g/mol. The highest BCUT2D eigenvalue weighted by Crippen LogP contribution is 2.28. The fourth-order valence-electron chi connectivity index (χ4n) is 1.71. The van der Waals surface area contributed by atoms with Crippen molar-refractivity contribution in [1.29, 1.82) is 0 Å². The first kappa shape index (κ1) is 18.5. The van der Waals surface area contributed by atoms with Crippen molar-refractivity contribution in [2.24, 2.45) is 0 Å². The molecule has 0 saturated heterocycles. The van der Waals surface area contributed by atoms with Crippen LogP contribution in [0.3, 0.4) is 0 Å². The van der Waals surface area contributed by atoms with E-state index in [2.05, 4.69) is 10.6 Å². The van der Waals surface area contributed by atoms with Crippen molar-refractivity contribution in [2.75, 3.05) is 26.8 Å². The Kier molecular flexibility index (Phi) is 7.59. The molecule has 126 valence electrons. The maximum absolute atomic E-state index is 11.7. The van der Waals surface area contributed by atoms with Crippen LogP contribution in [0.5, 0.6) is 11.5 Å². The van der Waals surface area contributed by atoms with E-state index >= 15 is 0 Å². The first-order valence-corrected chi connectivity index (χ1v) is 7.33. The molecule has 0 aliphatic carbocycles. The Balaban J connectivity index is 2.49. The molecule has 0 radical (unpaired) electrons. The molecule has 0 unspecified atom stereocenters. The van der Waals surface area contributed by atoms with Gasteiger partial charge in [0.25, 0.3) is 5.91 Å². The number of ether oxygens (including phenoxy) is 2. The molecule has 7 nitrogen and oxygen atoms in total. The molecule has 0 spiro atoms. The van der Waals surface area contributed by atoms with E-state index < -0.39 is 5.91 Å². The van der Waals surface area contributed by atoms with Gasteiger partial charge in [-0.3, -0.25) is 14.4 Å². The summed E-state index contributed by atoms with van der Waals surface area (Å²) >= 11 is 0. The molecule has 1 aromatic rings. The first-order chi connectivity index (χ1) is 11.0. The van der Waals surface area contributed by atoms with Crippen LogP contribution in [0.1, 0.15) is 30.6 Å². The summed E-state index contributed by atoms with van der Waals surface area (Å²) < 4.78 is 10.5. The lowest BCUT2D eigenvalue weighted by atomic mass is 10.1. The predicted molar refractivity (Wildman–Crippen MR) is 84.8 cm³/mol. The molecule has 2 N–H and O–H groups in total. The summed E-state index contributed by atoms with van der Waals surface area (Å²) in [5, 5.41) is 5.11. The quantitative estimate of drug-likeness (QED) is 0.659. The Bertz CT molecular complexity index is 572. The molecule has 0 aliphatic rings. The highest BCUT2D eigenvalue weighted by molar-refractivity contribution is 5.94. The van der Waals surface area contributed by atoms with Crippen LogP contribution in [0, 0.1) is 0 Å². The van der Waals surface area contributed by atoms with Crippen LogP contribution in [0.25, 0.3) is 0 Å². The lowest BCUT2D eigenvalue weighted by Crippen LogP contribution is -2.39. The lowest BCUT2D eigenvalue weighted by molar-refractivity contribution is -0.127. The van der Waals surface area contributed by atoms with Gasteiger partial charge in [0, 0.05) is 12.1 Å². The smallest absolute Gasteiger partial charge is 0.258 e. The van der Waals surface area contributed by atoms with Crippen LogP contribution >= 0.6 is 0 Å². The largest absolute Gasteiger partial charge is 0.493 e. The molecule has 0 heterocycles. The fourth-order valence-corrected chi connectivity index (χ4v) is 1.71. The normalized spacial score (nSPS) is 9.87. The van der Waals surface area contributed by atoms with Gasteiger partial charge in [-0.15, -0.1) is 0 Å². The second kappa shape index (κ2) is 9.45. The van der Waals surface area contributed by atoms with Crippen LogP contribution in [0.4, 0.5) is 0 Å². The van der Waals surface area contributed by atoms with E-state index in [9.17, 15) is 14.4 Å². The molecule has 1 rings (SSSR count). The Labute approximate surface area is 135 Å². The fraction of sp³-hybridized carbons (Fsp3) is 0.438. The van der Waals surface area contributed by atoms with Gasteiger partial charge in [0.1, 0.15) is 0 Å². The van der Waals surface area contributed by atoms with E-state index in [-0.39, 0.29) is 24.8 Å². The molecular formula is C16H22N2O5. The molecule has 2 amide bonds. The predicted octanol–water partition coefficient (Wildman–Crippen LogP) is 0.919. The summed E-state index contributed by atoms with van der Waals surface area (Å²) in [6.07, 6.45) is 0.832. The number of ketones is 1. The third-order valence-electron chi connectivity index (χ3n) is 2.95. The topological polar surface area (TPSA) is 93.7 Å². The number of methoxy groups -OCH3 is 1. The van der Waals surface area contributed by atoms with Crippen molar-refractivity contribution in [3.05, 3.63) is 23.8 Å². The zero-order chi connectivity index (χ0) is 17.2. The van der Waals surface area contributed by atoms with E-state index in [0.29, 0.717) is 23.6 Å². The number of rotatable bonds is 9.